The maximum Gasteiger partial charge on any atom is 0.280 e. The molecule has 0 fully saturated rings. The van der Waals surface area contributed by atoms with E-state index in [2.05, 4.69) is 21.4 Å². The van der Waals surface area contributed by atoms with Gasteiger partial charge in [0.15, 0.2) is 5.82 Å². The number of halogens is 1. The Labute approximate surface area is 158 Å². The first kappa shape index (κ1) is 16.6. The van der Waals surface area contributed by atoms with E-state index in [1.165, 1.54) is 4.68 Å². The second-order valence-corrected chi connectivity index (χ2v) is 6.86. The van der Waals surface area contributed by atoms with Crippen LogP contribution in [-0.2, 0) is 6.54 Å². The highest BCUT2D eigenvalue weighted by molar-refractivity contribution is 9.10. The average Bonchev–Trinajstić information content (AvgIpc) is 3.07. The number of benzene rings is 2. The fraction of sp³-hybridized carbons (Fsp3) is 0.100. The molecule has 4 rings (SSSR count). The zero-order valence-corrected chi connectivity index (χ0v) is 15.7. The number of hydrogen-bond donors (Lipinski definition) is 1. The second-order valence-electron chi connectivity index (χ2n) is 5.95. The van der Waals surface area contributed by atoms with Crippen molar-refractivity contribution in [2.24, 2.45) is 0 Å². The monoisotopic (exact) mass is 409 g/mol. The Morgan fingerprint density at radius 2 is 1.85 bits per heavy atom. The third-order valence-corrected chi connectivity index (χ3v) is 4.61. The van der Waals surface area contributed by atoms with Crippen LogP contribution in [0.2, 0.25) is 0 Å². The number of aromatic nitrogens is 2. The van der Waals surface area contributed by atoms with Crippen molar-refractivity contribution in [2.75, 3.05) is 5.43 Å². The topological polar surface area (TPSA) is 60.1 Å². The Bertz CT molecular complexity index is 1130. The molecule has 1 N–H and O–H groups in total. The first-order chi connectivity index (χ1) is 12.6. The Hall–Kier alpha value is -2.86. The summed E-state index contributed by atoms with van der Waals surface area (Å²) in [6.45, 7) is 2.28. The molecule has 5 nitrogen and oxygen atoms in total. The summed E-state index contributed by atoms with van der Waals surface area (Å²) in [7, 11) is 0. The summed E-state index contributed by atoms with van der Waals surface area (Å²) in [4.78, 5) is 17.7. The molecule has 0 saturated carbocycles. The van der Waals surface area contributed by atoms with Crippen molar-refractivity contribution < 1.29 is 4.42 Å². The van der Waals surface area contributed by atoms with Crippen LogP contribution in [-0.4, -0.2) is 9.66 Å². The standard InChI is InChI=1S/C20H16BrN3O2/c1-13-6-11-16(26-13)12-22-24-19(14-7-9-15(21)10-8-14)23-18-5-3-2-4-17(18)20(24)25/h2-11,22H,12H2,1H3. The number of aryl methyl sites for hydroxylation is 1. The van der Waals surface area contributed by atoms with Gasteiger partial charge in [-0.15, -0.1) is 0 Å². The molecule has 6 heteroatoms. The molecule has 0 amide bonds. The Morgan fingerprint density at radius 1 is 1.08 bits per heavy atom. The summed E-state index contributed by atoms with van der Waals surface area (Å²) in [6, 6.07) is 18.8. The fourth-order valence-electron chi connectivity index (χ4n) is 2.81. The molecule has 0 bridgehead atoms. The first-order valence-corrected chi connectivity index (χ1v) is 8.98. The summed E-state index contributed by atoms with van der Waals surface area (Å²) >= 11 is 3.44. The van der Waals surface area contributed by atoms with Gasteiger partial charge in [-0.25, -0.2) is 9.66 Å². The zero-order chi connectivity index (χ0) is 18.1. The molecule has 4 aromatic rings. The van der Waals surface area contributed by atoms with E-state index in [1.54, 1.807) is 6.07 Å². The molecule has 0 spiro atoms. The highest BCUT2D eigenvalue weighted by Crippen LogP contribution is 2.21. The Kier molecular flexibility index (Phi) is 4.34. The van der Waals surface area contributed by atoms with E-state index in [-0.39, 0.29) is 5.56 Å². The van der Waals surface area contributed by atoms with Gasteiger partial charge in [-0.05, 0) is 43.3 Å². The number of rotatable bonds is 4. The third-order valence-electron chi connectivity index (χ3n) is 4.09. The van der Waals surface area contributed by atoms with Gasteiger partial charge in [0.05, 0.1) is 17.4 Å². The highest BCUT2D eigenvalue weighted by atomic mass is 79.9. The van der Waals surface area contributed by atoms with Gasteiger partial charge in [0.2, 0.25) is 0 Å². The Morgan fingerprint density at radius 3 is 2.58 bits per heavy atom. The van der Waals surface area contributed by atoms with Crippen LogP contribution in [0, 0.1) is 6.92 Å². The van der Waals surface area contributed by atoms with Gasteiger partial charge >= 0.3 is 0 Å². The van der Waals surface area contributed by atoms with Crippen LogP contribution in [0.15, 0.2) is 74.3 Å². The van der Waals surface area contributed by atoms with Gasteiger partial charge in [0.1, 0.15) is 11.5 Å². The van der Waals surface area contributed by atoms with Crippen LogP contribution in [0.5, 0.6) is 0 Å². The number of nitrogens with zero attached hydrogens (tertiary/aromatic N) is 2. The molecule has 0 aliphatic carbocycles. The van der Waals surface area contributed by atoms with Crippen molar-refractivity contribution in [2.45, 2.75) is 13.5 Å². The molecule has 0 radical (unpaired) electrons. The Balaban J connectivity index is 1.84. The van der Waals surface area contributed by atoms with Crippen LogP contribution in [0.3, 0.4) is 0 Å². The molecule has 0 aliphatic rings. The maximum atomic E-state index is 13.0. The van der Waals surface area contributed by atoms with Crippen molar-refractivity contribution in [3.05, 3.63) is 87.0 Å². The van der Waals surface area contributed by atoms with E-state index in [4.69, 9.17) is 9.40 Å². The van der Waals surface area contributed by atoms with Crippen LogP contribution in [0.4, 0.5) is 0 Å². The molecule has 0 saturated heterocycles. The molecular formula is C20H16BrN3O2. The molecule has 2 heterocycles. The molecule has 2 aromatic carbocycles. The molecule has 0 atom stereocenters. The second kappa shape index (κ2) is 6.80. The van der Waals surface area contributed by atoms with E-state index < -0.39 is 0 Å². The molecule has 0 aliphatic heterocycles. The smallest absolute Gasteiger partial charge is 0.280 e. The van der Waals surface area contributed by atoms with Gasteiger partial charge in [0.25, 0.3) is 5.56 Å². The molecule has 130 valence electrons. The predicted octanol–water partition coefficient (Wildman–Crippen LogP) is 4.47. The number of para-hydroxylation sites is 1. The number of nitrogens with one attached hydrogen (secondary N) is 1. The number of furan rings is 1. The molecule has 2 aromatic heterocycles. The average molecular weight is 410 g/mol. The minimum absolute atomic E-state index is 0.142. The maximum absolute atomic E-state index is 13.0. The summed E-state index contributed by atoms with van der Waals surface area (Å²) in [5, 5.41) is 0.566. The lowest BCUT2D eigenvalue weighted by Gasteiger charge is -2.15. The summed E-state index contributed by atoms with van der Waals surface area (Å²) in [5.41, 5.74) is 4.53. The van der Waals surface area contributed by atoms with Crippen molar-refractivity contribution >= 4 is 26.8 Å². The third kappa shape index (κ3) is 3.15. The van der Waals surface area contributed by atoms with Crippen LogP contribution in [0.1, 0.15) is 11.5 Å². The zero-order valence-electron chi connectivity index (χ0n) is 14.1. The molecule has 0 unspecified atom stereocenters. The predicted molar refractivity (Wildman–Crippen MR) is 106 cm³/mol. The van der Waals surface area contributed by atoms with Crippen LogP contribution < -0.4 is 11.0 Å². The van der Waals surface area contributed by atoms with E-state index >= 15 is 0 Å². The summed E-state index contributed by atoms with van der Waals surface area (Å²) in [6.07, 6.45) is 0. The van der Waals surface area contributed by atoms with Gasteiger partial charge in [-0.1, -0.05) is 40.2 Å². The molecule has 26 heavy (non-hydrogen) atoms. The van der Waals surface area contributed by atoms with Crippen LogP contribution in [0.25, 0.3) is 22.3 Å². The minimum Gasteiger partial charge on any atom is -0.464 e. The van der Waals surface area contributed by atoms with Crippen LogP contribution >= 0.6 is 15.9 Å². The van der Waals surface area contributed by atoms with Gasteiger partial charge < -0.3 is 9.84 Å². The normalized spacial score (nSPS) is 11.0. The van der Waals surface area contributed by atoms with Crippen molar-refractivity contribution in [1.82, 2.24) is 9.66 Å². The van der Waals surface area contributed by atoms with E-state index in [0.717, 1.165) is 21.6 Å². The largest absolute Gasteiger partial charge is 0.464 e. The lowest BCUT2D eigenvalue weighted by atomic mass is 10.2. The van der Waals surface area contributed by atoms with Crippen molar-refractivity contribution in [3.8, 4) is 11.4 Å². The highest BCUT2D eigenvalue weighted by Gasteiger charge is 2.13. The quantitative estimate of drug-likeness (QED) is 0.539. The van der Waals surface area contributed by atoms with Gasteiger partial charge in [-0.2, -0.15) is 0 Å². The van der Waals surface area contributed by atoms with E-state index in [1.807, 2.05) is 61.5 Å². The fourth-order valence-corrected chi connectivity index (χ4v) is 3.07. The SMILES string of the molecule is Cc1ccc(CNn2c(-c3ccc(Br)cc3)nc3ccccc3c2=O)o1. The van der Waals surface area contributed by atoms with Crippen molar-refractivity contribution in [3.63, 3.8) is 0 Å². The lowest BCUT2D eigenvalue weighted by Crippen LogP contribution is -2.31. The lowest BCUT2D eigenvalue weighted by molar-refractivity contribution is 0.483. The van der Waals surface area contributed by atoms with E-state index in [9.17, 15) is 4.79 Å². The van der Waals surface area contributed by atoms with Crippen molar-refractivity contribution in [1.29, 1.82) is 0 Å². The van der Waals surface area contributed by atoms with Gasteiger partial charge in [0, 0.05) is 10.0 Å². The number of fused-ring (bicyclic) bond motifs is 1. The minimum atomic E-state index is -0.142. The summed E-state index contributed by atoms with van der Waals surface area (Å²) in [5.74, 6) is 2.15. The first-order valence-electron chi connectivity index (χ1n) is 8.19. The van der Waals surface area contributed by atoms with E-state index in [0.29, 0.717) is 23.3 Å². The summed E-state index contributed by atoms with van der Waals surface area (Å²) < 4.78 is 8.05. The molecular weight excluding hydrogens is 394 g/mol. The van der Waals surface area contributed by atoms with Gasteiger partial charge in [-0.3, -0.25) is 4.79 Å². The number of hydrogen-bond acceptors (Lipinski definition) is 4.